The van der Waals surface area contributed by atoms with Gasteiger partial charge in [-0.15, -0.1) is 0 Å². The molecule has 0 aliphatic heterocycles. The summed E-state index contributed by atoms with van der Waals surface area (Å²) in [6.45, 7) is 2.67. The maximum atomic E-state index is 12.6. The molecule has 1 unspecified atom stereocenters. The molecule has 3 atom stereocenters. The zero-order valence-corrected chi connectivity index (χ0v) is 38.2. The predicted molar refractivity (Wildman–Crippen MR) is 244 cm³/mol. The highest BCUT2D eigenvalue weighted by Crippen LogP contribution is 2.43. The number of hydrogen-bond donors (Lipinski definition) is 3. The van der Waals surface area contributed by atoms with E-state index in [1.54, 1.807) is 0 Å². The van der Waals surface area contributed by atoms with Crippen molar-refractivity contribution in [1.29, 1.82) is 0 Å². The summed E-state index contributed by atoms with van der Waals surface area (Å²) in [5, 5.41) is 8.90. The van der Waals surface area contributed by atoms with Gasteiger partial charge in [-0.1, -0.05) is 157 Å². The zero-order chi connectivity index (χ0) is 44.2. The van der Waals surface area contributed by atoms with Gasteiger partial charge in [-0.2, -0.15) is 0 Å². The summed E-state index contributed by atoms with van der Waals surface area (Å²) in [4.78, 5) is 46.0. The van der Waals surface area contributed by atoms with E-state index in [1.807, 2.05) is 0 Å². The van der Waals surface area contributed by atoms with Crippen LogP contribution in [0.1, 0.15) is 181 Å². The largest absolute Gasteiger partial charge is 0.480 e. The van der Waals surface area contributed by atoms with Crippen LogP contribution in [-0.2, 0) is 37.5 Å². The molecule has 0 amide bonds. The number of rotatable bonds is 42. The van der Waals surface area contributed by atoms with Crippen molar-refractivity contribution >= 4 is 25.7 Å². The molecule has 0 saturated heterocycles. The molecule has 0 aromatic rings. The molecular weight excluding hydrogens is 781 g/mol. The first-order valence-corrected chi connectivity index (χ1v) is 24.5. The van der Waals surface area contributed by atoms with Crippen LogP contribution in [0.15, 0.2) is 72.9 Å². The van der Waals surface area contributed by atoms with E-state index in [0.29, 0.717) is 12.8 Å². The molecule has 0 aromatic heterocycles. The highest BCUT2D eigenvalue weighted by atomic mass is 31.2. The summed E-state index contributed by atoms with van der Waals surface area (Å²) in [7, 11) is -4.73. The minimum absolute atomic E-state index is 0.119. The number of phosphoric acid groups is 1. The first-order chi connectivity index (χ1) is 29.1. The topological polar surface area (TPSA) is 172 Å². The zero-order valence-electron chi connectivity index (χ0n) is 37.3. The number of carboxylic acids is 1. The Kier molecular flexibility index (Phi) is 40.4. The van der Waals surface area contributed by atoms with Gasteiger partial charge in [0.1, 0.15) is 12.6 Å². The van der Waals surface area contributed by atoms with Crippen LogP contribution < -0.4 is 5.73 Å². The molecule has 344 valence electrons. The van der Waals surface area contributed by atoms with Crippen LogP contribution in [0.3, 0.4) is 0 Å². The summed E-state index contributed by atoms with van der Waals surface area (Å²) in [5.74, 6) is -2.43. The fraction of sp³-hybridized carbons (Fsp3) is 0.688. The van der Waals surface area contributed by atoms with Crippen molar-refractivity contribution in [1.82, 2.24) is 0 Å². The van der Waals surface area contributed by atoms with Gasteiger partial charge in [-0.3, -0.25) is 23.4 Å². The van der Waals surface area contributed by atoms with Crippen molar-refractivity contribution < 1.29 is 47.5 Å². The van der Waals surface area contributed by atoms with E-state index in [9.17, 15) is 23.8 Å². The van der Waals surface area contributed by atoms with Crippen LogP contribution in [0, 0.1) is 0 Å². The Labute approximate surface area is 363 Å². The van der Waals surface area contributed by atoms with Crippen molar-refractivity contribution in [2.24, 2.45) is 5.73 Å². The summed E-state index contributed by atoms with van der Waals surface area (Å²) in [5.41, 5.74) is 5.34. The van der Waals surface area contributed by atoms with Crippen LogP contribution >= 0.6 is 7.82 Å². The van der Waals surface area contributed by atoms with E-state index in [0.717, 1.165) is 77.0 Å². The molecular formula is C48H82NO10P. The van der Waals surface area contributed by atoms with Crippen LogP contribution in [-0.4, -0.2) is 59.9 Å². The number of carboxylic acid groups (broad SMARTS) is 1. The Morgan fingerprint density at radius 2 is 0.917 bits per heavy atom. The number of carbonyl (C=O) groups is 3. The standard InChI is InChI=1S/C48H82NO10P/c1-3-5-7-9-11-13-15-17-19-21-22-24-25-27-29-31-33-35-37-39-46(50)56-41-44(42-57-60(54,55)58-43-45(49)48(52)53)59-47(51)40-38-36-34-32-30-28-26-23-20-18-16-14-12-10-8-6-4-2/h8,10-11,13-14,16-17,19-20,23,28,30,44-45H,3-7,9,12,15,18,21-22,24-27,29,31-43,49H2,1-2H3,(H,52,53)(H,54,55)/b10-8+,13-11+,16-14+,19-17+,23-20+,30-28+/t44-,45+/m1/s1. The maximum absolute atomic E-state index is 12.6. The van der Waals surface area contributed by atoms with E-state index in [1.165, 1.54) is 64.2 Å². The summed E-state index contributed by atoms with van der Waals surface area (Å²) in [6, 6.07) is -1.53. The van der Waals surface area contributed by atoms with Gasteiger partial charge in [0.05, 0.1) is 13.2 Å². The van der Waals surface area contributed by atoms with Gasteiger partial charge < -0.3 is 25.2 Å². The van der Waals surface area contributed by atoms with Crippen molar-refractivity contribution in [3.63, 3.8) is 0 Å². The van der Waals surface area contributed by atoms with Gasteiger partial charge in [0.2, 0.25) is 0 Å². The predicted octanol–water partition coefficient (Wildman–Crippen LogP) is 12.5. The smallest absolute Gasteiger partial charge is 0.472 e. The fourth-order valence-electron chi connectivity index (χ4n) is 5.79. The Morgan fingerprint density at radius 3 is 1.40 bits per heavy atom. The Morgan fingerprint density at radius 1 is 0.517 bits per heavy atom. The van der Waals surface area contributed by atoms with Gasteiger partial charge in [0.15, 0.2) is 6.10 Å². The lowest BCUT2D eigenvalue weighted by Crippen LogP contribution is -2.34. The first-order valence-electron chi connectivity index (χ1n) is 23.0. The molecule has 0 rings (SSSR count). The SMILES string of the molecule is CCC/C=C/C/C=C/C/C=C/C/C=C/CCCCCC(=O)O[C@H](COC(=O)CCCCCCCCCCC/C=C/C/C=C/CCCCC)COP(=O)(O)OC[C@H](N)C(=O)O. The highest BCUT2D eigenvalue weighted by Gasteiger charge is 2.28. The number of phosphoric ester groups is 1. The first kappa shape index (κ1) is 56.9. The van der Waals surface area contributed by atoms with Gasteiger partial charge in [0, 0.05) is 12.8 Å². The van der Waals surface area contributed by atoms with Gasteiger partial charge >= 0.3 is 25.7 Å². The van der Waals surface area contributed by atoms with Crippen molar-refractivity contribution in [2.45, 2.75) is 193 Å². The minimum Gasteiger partial charge on any atom is -0.480 e. The molecule has 0 spiro atoms. The number of carbonyl (C=O) groups excluding carboxylic acids is 2. The maximum Gasteiger partial charge on any atom is 0.472 e. The number of unbranched alkanes of at least 4 members (excludes halogenated alkanes) is 16. The molecule has 12 heteroatoms. The second-order valence-corrected chi connectivity index (χ2v) is 16.6. The van der Waals surface area contributed by atoms with Crippen molar-refractivity contribution in [3.05, 3.63) is 72.9 Å². The monoisotopic (exact) mass is 864 g/mol. The molecule has 0 heterocycles. The molecule has 60 heavy (non-hydrogen) atoms. The minimum atomic E-state index is -4.73. The third-order valence-electron chi connectivity index (χ3n) is 9.41. The quantitative estimate of drug-likeness (QED) is 0.0231. The average molecular weight is 864 g/mol. The molecule has 0 saturated carbocycles. The van der Waals surface area contributed by atoms with Crippen LogP contribution in [0.4, 0.5) is 0 Å². The molecule has 0 fully saturated rings. The van der Waals surface area contributed by atoms with Crippen LogP contribution in [0.2, 0.25) is 0 Å². The molecule has 4 N–H and O–H groups in total. The molecule has 0 aliphatic rings. The van der Waals surface area contributed by atoms with Crippen LogP contribution in [0.25, 0.3) is 0 Å². The number of esters is 2. The molecule has 0 bridgehead atoms. The Bertz CT molecular complexity index is 1290. The third-order valence-corrected chi connectivity index (χ3v) is 10.4. The fourth-order valence-corrected chi connectivity index (χ4v) is 6.57. The third kappa shape index (κ3) is 41.6. The van der Waals surface area contributed by atoms with Gasteiger partial charge in [0.25, 0.3) is 0 Å². The van der Waals surface area contributed by atoms with Crippen molar-refractivity contribution in [3.8, 4) is 0 Å². The van der Waals surface area contributed by atoms with Crippen LogP contribution in [0.5, 0.6) is 0 Å². The van der Waals surface area contributed by atoms with Gasteiger partial charge in [-0.05, 0) is 83.5 Å². The number of allylic oxidation sites excluding steroid dienone is 12. The highest BCUT2D eigenvalue weighted by molar-refractivity contribution is 7.47. The average Bonchev–Trinajstić information content (AvgIpc) is 3.22. The number of aliphatic carboxylic acids is 1. The number of nitrogens with two attached hydrogens (primary N) is 1. The number of ether oxygens (including phenoxy) is 2. The molecule has 0 aromatic carbocycles. The lowest BCUT2D eigenvalue weighted by Gasteiger charge is -2.20. The molecule has 0 radical (unpaired) electrons. The Balaban J connectivity index is 4.39. The van der Waals surface area contributed by atoms with E-state index < -0.39 is 51.1 Å². The normalized spacial score (nSPS) is 14.3. The summed E-state index contributed by atoms with van der Waals surface area (Å²) >= 11 is 0. The van der Waals surface area contributed by atoms with E-state index in [4.69, 9.17) is 24.8 Å². The summed E-state index contributed by atoms with van der Waals surface area (Å²) in [6.07, 6.45) is 51.0. The van der Waals surface area contributed by atoms with E-state index >= 15 is 0 Å². The summed E-state index contributed by atoms with van der Waals surface area (Å²) < 4.78 is 32.7. The molecule has 11 nitrogen and oxygen atoms in total. The Hall–Kier alpha value is -3.08. The van der Waals surface area contributed by atoms with E-state index in [-0.39, 0.29) is 19.4 Å². The lowest BCUT2D eigenvalue weighted by molar-refractivity contribution is -0.161. The second kappa shape index (κ2) is 42.6. The number of hydrogen-bond acceptors (Lipinski definition) is 9. The molecule has 0 aliphatic carbocycles. The van der Waals surface area contributed by atoms with E-state index in [2.05, 4.69) is 91.3 Å². The second-order valence-electron chi connectivity index (χ2n) is 15.2. The lowest BCUT2D eigenvalue weighted by atomic mass is 10.1. The van der Waals surface area contributed by atoms with Crippen molar-refractivity contribution in [2.75, 3.05) is 19.8 Å². The van der Waals surface area contributed by atoms with Gasteiger partial charge in [-0.25, -0.2) is 4.57 Å².